The van der Waals surface area contributed by atoms with E-state index in [9.17, 15) is 9.18 Å². The summed E-state index contributed by atoms with van der Waals surface area (Å²) in [4.78, 5) is 16.8. The van der Waals surface area contributed by atoms with E-state index in [1.807, 2.05) is 18.2 Å². The van der Waals surface area contributed by atoms with Gasteiger partial charge in [-0.15, -0.1) is 0 Å². The van der Waals surface area contributed by atoms with Crippen LogP contribution in [0, 0.1) is 5.82 Å². The predicted octanol–water partition coefficient (Wildman–Crippen LogP) is 3.18. The van der Waals surface area contributed by atoms with Crippen LogP contribution in [0.5, 0.6) is 0 Å². The number of carbonyl (C=O) groups is 1. The van der Waals surface area contributed by atoms with Gasteiger partial charge in [-0.3, -0.25) is 14.9 Å². The predicted molar refractivity (Wildman–Crippen MR) is 92.4 cm³/mol. The average molecular weight is 338 g/mol. The highest BCUT2D eigenvalue weighted by Gasteiger charge is 2.48. The molecular formula is C19H19FN4O. The van der Waals surface area contributed by atoms with E-state index in [2.05, 4.69) is 15.2 Å². The molecule has 0 aliphatic heterocycles. The van der Waals surface area contributed by atoms with Crippen molar-refractivity contribution >= 4 is 16.8 Å². The van der Waals surface area contributed by atoms with Gasteiger partial charge in [0.15, 0.2) is 0 Å². The molecule has 0 radical (unpaired) electrons. The number of halogens is 1. The van der Waals surface area contributed by atoms with Crippen LogP contribution in [0.15, 0.2) is 42.9 Å². The summed E-state index contributed by atoms with van der Waals surface area (Å²) in [6.07, 6.45) is 8.28. The third-order valence-electron chi connectivity index (χ3n) is 5.45. The molecule has 5 nitrogen and oxygen atoms in total. The number of hydrogen-bond acceptors (Lipinski definition) is 3. The normalized spacial score (nSPS) is 23.6. The van der Waals surface area contributed by atoms with Gasteiger partial charge in [0.1, 0.15) is 11.3 Å². The maximum absolute atomic E-state index is 14.5. The van der Waals surface area contributed by atoms with Crippen molar-refractivity contribution in [3.05, 3.63) is 59.8 Å². The van der Waals surface area contributed by atoms with Crippen LogP contribution in [-0.2, 0) is 10.2 Å². The van der Waals surface area contributed by atoms with Gasteiger partial charge in [0.25, 0.3) is 0 Å². The second-order valence-electron chi connectivity index (χ2n) is 6.71. The minimum absolute atomic E-state index is 0.184. The number of hydrogen-bond donors (Lipinski definition) is 2. The number of aromatic nitrogens is 3. The Bertz CT molecular complexity index is 924. The Morgan fingerprint density at radius 2 is 2.20 bits per heavy atom. The van der Waals surface area contributed by atoms with E-state index >= 15 is 0 Å². The van der Waals surface area contributed by atoms with E-state index in [-0.39, 0.29) is 17.6 Å². The molecule has 2 unspecified atom stereocenters. The Hall–Kier alpha value is -2.76. The number of primary amides is 1. The van der Waals surface area contributed by atoms with Crippen molar-refractivity contribution in [1.29, 1.82) is 0 Å². The number of nitrogens with one attached hydrogen (secondary N) is 1. The van der Waals surface area contributed by atoms with Gasteiger partial charge in [-0.05, 0) is 42.2 Å². The lowest BCUT2D eigenvalue weighted by atomic mass is 9.60. The first-order valence-electron chi connectivity index (χ1n) is 8.46. The Labute approximate surface area is 144 Å². The molecule has 3 aromatic rings. The first-order valence-corrected chi connectivity index (χ1v) is 8.46. The number of rotatable bonds is 3. The fourth-order valence-electron chi connectivity index (χ4n) is 4.27. The number of carbonyl (C=O) groups excluding carboxylic acids is 1. The second kappa shape index (κ2) is 5.95. The molecule has 0 bridgehead atoms. The Morgan fingerprint density at radius 1 is 1.32 bits per heavy atom. The second-order valence-corrected chi connectivity index (χ2v) is 6.71. The molecule has 0 spiro atoms. The van der Waals surface area contributed by atoms with Crippen LogP contribution in [0.2, 0.25) is 0 Å². The van der Waals surface area contributed by atoms with Gasteiger partial charge in [0.2, 0.25) is 5.91 Å². The number of benzene rings is 1. The first kappa shape index (κ1) is 15.7. The molecule has 2 atom stereocenters. The van der Waals surface area contributed by atoms with Crippen LogP contribution in [0.25, 0.3) is 10.9 Å². The highest BCUT2D eigenvalue weighted by molar-refractivity contribution is 5.89. The molecule has 1 fully saturated rings. The summed E-state index contributed by atoms with van der Waals surface area (Å²) in [7, 11) is 0. The largest absolute Gasteiger partial charge is 0.369 e. The van der Waals surface area contributed by atoms with Crippen LogP contribution in [0.3, 0.4) is 0 Å². The van der Waals surface area contributed by atoms with Gasteiger partial charge in [-0.1, -0.05) is 18.9 Å². The summed E-state index contributed by atoms with van der Waals surface area (Å²) in [5.74, 6) is -0.922. The summed E-state index contributed by atoms with van der Waals surface area (Å²) in [6, 6.07) is 7.12. The Kier molecular flexibility index (Phi) is 3.75. The van der Waals surface area contributed by atoms with Crippen molar-refractivity contribution < 1.29 is 9.18 Å². The zero-order chi connectivity index (χ0) is 17.4. The molecule has 3 N–H and O–H groups in total. The highest BCUT2D eigenvalue weighted by atomic mass is 19.1. The maximum Gasteiger partial charge on any atom is 0.228 e. The fourth-order valence-corrected chi connectivity index (χ4v) is 4.27. The maximum atomic E-state index is 14.5. The van der Waals surface area contributed by atoms with E-state index in [4.69, 9.17) is 5.73 Å². The molecule has 0 saturated heterocycles. The van der Waals surface area contributed by atoms with E-state index in [1.165, 1.54) is 6.07 Å². The Morgan fingerprint density at radius 3 is 2.96 bits per heavy atom. The molecule has 2 aromatic heterocycles. The molecule has 1 aliphatic carbocycles. The monoisotopic (exact) mass is 338 g/mol. The molecule has 128 valence electrons. The van der Waals surface area contributed by atoms with Crippen molar-refractivity contribution in [1.82, 2.24) is 15.2 Å². The molecule has 4 rings (SSSR count). The van der Waals surface area contributed by atoms with Crippen LogP contribution >= 0.6 is 0 Å². The lowest BCUT2D eigenvalue weighted by Gasteiger charge is -2.42. The molecular weight excluding hydrogens is 319 g/mol. The molecule has 1 aliphatic rings. The summed E-state index contributed by atoms with van der Waals surface area (Å²) in [5, 5.41) is 7.28. The van der Waals surface area contributed by atoms with Gasteiger partial charge >= 0.3 is 0 Å². The standard InChI is InChI=1S/C19H19FN4O/c20-16-9-12(8-13-10-23-24-17(13)16)15-5-1-2-6-19(15,18(21)25)14-4-3-7-22-11-14/h3-4,7-11,15H,1-2,5-6H2,(H2,21,25)(H,23,24). The topological polar surface area (TPSA) is 84.7 Å². The summed E-state index contributed by atoms with van der Waals surface area (Å²) < 4.78 is 14.5. The SMILES string of the molecule is NC(=O)C1(c2cccnc2)CCCCC1c1cc(F)c2[nH]ncc2c1. The van der Waals surface area contributed by atoms with Gasteiger partial charge in [0, 0.05) is 23.7 Å². The number of nitrogens with two attached hydrogens (primary N) is 1. The van der Waals surface area contributed by atoms with E-state index in [0.717, 1.165) is 30.4 Å². The minimum Gasteiger partial charge on any atom is -0.369 e. The minimum atomic E-state index is -0.865. The van der Waals surface area contributed by atoms with Crippen molar-refractivity contribution in [2.45, 2.75) is 37.0 Å². The molecule has 1 saturated carbocycles. The smallest absolute Gasteiger partial charge is 0.228 e. The number of pyridine rings is 1. The van der Waals surface area contributed by atoms with Crippen LogP contribution < -0.4 is 5.73 Å². The molecule has 25 heavy (non-hydrogen) atoms. The van der Waals surface area contributed by atoms with Crippen LogP contribution in [0.1, 0.15) is 42.7 Å². The molecule has 6 heteroatoms. The fraction of sp³-hybridized carbons (Fsp3) is 0.316. The number of H-pyrrole nitrogens is 1. The van der Waals surface area contributed by atoms with Crippen LogP contribution in [0.4, 0.5) is 4.39 Å². The van der Waals surface area contributed by atoms with E-state index in [1.54, 1.807) is 18.6 Å². The van der Waals surface area contributed by atoms with E-state index in [0.29, 0.717) is 17.3 Å². The number of nitrogens with zero attached hydrogens (tertiary/aromatic N) is 2. The van der Waals surface area contributed by atoms with Crippen LogP contribution in [-0.4, -0.2) is 21.1 Å². The van der Waals surface area contributed by atoms with Crippen molar-refractivity contribution in [2.24, 2.45) is 5.73 Å². The Balaban J connectivity index is 1.91. The molecule has 1 amide bonds. The summed E-state index contributed by atoms with van der Waals surface area (Å²) in [5.41, 5.74) is 7.02. The summed E-state index contributed by atoms with van der Waals surface area (Å²) >= 11 is 0. The van der Waals surface area contributed by atoms with Crippen molar-refractivity contribution in [2.75, 3.05) is 0 Å². The lowest BCUT2D eigenvalue weighted by Crippen LogP contribution is -2.48. The van der Waals surface area contributed by atoms with E-state index < -0.39 is 5.41 Å². The third kappa shape index (κ3) is 2.40. The zero-order valence-corrected chi connectivity index (χ0v) is 13.7. The number of amides is 1. The molecule has 2 heterocycles. The van der Waals surface area contributed by atoms with Gasteiger partial charge in [-0.2, -0.15) is 5.10 Å². The quantitative estimate of drug-likeness (QED) is 0.769. The first-order chi connectivity index (χ1) is 12.1. The van der Waals surface area contributed by atoms with Crippen molar-refractivity contribution in [3.8, 4) is 0 Å². The number of aromatic amines is 1. The highest BCUT2D eigenvalue weighted by Crippen LogP contribution is 2.49. The molecule has 1 aromatic carbocycles. The van der Waals surface area contributed by atoms with Gasteiger partial charge in [-0.25, -0.2) is 4.39 Å². The van der Waals surface area contributed by atoms with Gasteiger partial charge in [0.05, 0.1) is 11.6 Å². The lowest BCUT2D eigenvalue weighted by molar-refractivity contribution is -0.125. The van der Waals surface area contributed by atoms with Gasteiger partial charge < -0.3 is 5.73 Å². The number of fused-ring (bicyclic) bond motifs is 1. The summed E-state index contributed by atoms with van der Waals surface area (Å²) in [6.45, 7) is 0. The van der Waals surface area contributed by atoms with Crippen molar-refractivity contribution in [3.63, 3.8) is 0 Å². The third-order valence-corrected chi connectivity index (χ3v) is 5.45. The average Bonchev–Trinajstić information content (AvgIpc) is 3.11. The zero-order valence-electron chi connectivity index (χ0n) is 13.7.